The molecule has 5 nitrogen and oxygen atoms in total. The number of carbonyl (C=O) groups excluding carboxylic acids is 1. The number of halogens is 3. The van der Waals surface area contributed by atoms with Gasteiger partial charge in [0.25, 0.3) is 10.0 Å². The molecule has 0 aliphatic carbocycles. The predicted molar refractivity (Wildman–Crippen MR) is 122 cm³/mol. The molecule has 0 heterocycles. The van der Waals surface area contributed by atoms with Gasteiger partial charge in [0.2, 0.25) is 5.91 Å². The topological polar surface area (TPSA) is 66.5 Å². The second-order valence-electron chi connectivity index (χ2n) is 6.45. The highest BCUT2D eigenvalue weighted by atomic mass is 35.5. The van der Waals surface area contributed by atoms with E-state index in [0.717, 1.165) is 9.87 Å². The minimum Gasteiger partial charge on any atom is -0.323 e. The molecule has 3 aromatic carbocycles. The Hall–Kier alpha value is -2.25. The van der Waals surface area contributed by atoms with E-state index in [9.17, 15) is 13.2 Å². The largest absolute Gasteiger partial charge is 0.323 e. The second kappa shape index (κ2) is 9.27. The summed E-state index contributed by atoms with van der Waals surface area (Å²) in [5, 5.41) is 3.47. The molecule has 0 spiro atoms. The summed E-state index contributed by atoms with van der Waals surface area (Å²) < 4.78 is 27.6. The number of anilines is 2. The number of amides is 1. The van der Waals surface area contributed by atoms with Gasteiger partial charge in [-0.3, -0.25) is 9.10 Å². The molecule has 0 saturated heterocycles. The quantitative estimate of drug-likeness (QED) is 0.482. The lowest BCUT2D eigenvalue weighted by Crippen LogP contribution is -2.38. The fourth-order valence-electron chi connectivity index (χ4n) is 2.68. The number of sulfonamides is 1. The highest BCUT2D eigenvalue weighted by molar-refractivity contribution is 7.92. The summed E-state index contributed by atoms with van der Waals surface area (Å²) in [5.74, 6) is -0.572. The zero-order chi connectivity index (χ0) is 21.9. The number of hydrogen-bond donors (Lipinski definition) is 1. The van der Waals surface area contributed by atoms with E-state index in [0.29, 0.717) is 16.4 Å². The van der Waals surface area contributed by atoms with Gasteiger partial charge in [-0.1, -0.05) is 58.6 Å². The first-order valence-electron chi connectivity index (χ1n) is 8.77. The lowest BCUT2D eigenvalue weighted by molar-refractivity contribution is -0.114. The van der Waals surface area contributed by atoms with Gasteiger partial charge in [0.05, 0.1) is 26.3 Å². The molecule has 0 aromatic heterocycles. The summed E-state index contributed by atoms with van der Waals surface area (Å²) in [6, 6.07) is 17.4. The molecular formula is C21H17Cl3N2O3S. The smallest absolute Gasteiger partial charge is 0.264 e. The Morgan fingerprint density at radius 1 is 0.933 bits per heavy atom. The van der Waals surface area contributed by atoms with Gasteiger partial charge < -0.3 is 5.32 Å². The zero-order valence-electron chi connectivity index (χ0n) is 15.8. The molecule has 0 unspecified atom stereocenters. The van der Waals surface area contributed by atoms with Crippen LogP contribution in [0.1, 0.15) is 5.56 Å². The van der Waals surface area contributed by atoms with Crippen molar-refractivity contribution >= 4 is 62.1 Å². The number of nitrogens with one attached hydrogen (secondary N) is 1. The van der Waals surface area contributed by atoms with Crippen LogP contribution in [0.5, 0.6) is 0 Å². The molecule has 0 radical (unpaired) electrons. The van der Waals surface area contributed by atoms with E-state index < -0.39 is 22.5 Å². The van der Waals surface area contributed by atoms with Gasteiger partial charge >= 0.3 is 0 Å². The molecule has 0 saturated carbocycles. The number of rotatable bonds is 6. The zero-order valence-corrected chi connectivity index (χ0v) is 18.9. The summed E-state index contributed by atoms with van der Waals surface area (Å²) in [6.07, 6.45) is 0. The molecule has 0 atom stereocenters. The maximum atomic E-state index is 13.3. The average molecular weight is 484 g/mol. The van der Waals surface area contributed by atoms with Gasteiger partial charge in [-0.15, -0.1) is 0 Å². The molecule has 156 valence electrons. The summed E-state index contributed by atoms with van der Waals surface area (Å²) >= 11 is 18.0. The third-order valence-corrected chi connectivity index (χ3v) is 7.10. The Balaban J connectivity index is 1.95. The number of aryl methyl sites for hydroxylation is 1. The van der Waals surface area contributed by atoms with Crippen LogP contribution in [0.2, 0.25) is 15.1 Å². The first-order chi connectivity index (χ1) is 14.2. The third-order valence-electron chi connectivity index (χ3n) is 4.24. The fourth-order valence-corrected chi connectivity index (χ4v) is 4.58. The van der Waals surface area contributed by atoms with Crippen molar-refractivity contribution < 1.29 is 13.2 Å². The number of hydrogen-bond acceptors (Lipinski definition) is 3. The van der Waals surface area contributed by atoms with Crippen molar-refractivity contribution in [3.8, 4) is 0 Å². The molecule has 1 N–H and O–H groups in total. The standard InChI is InChI=1S/C21H17Cl3N2O3S/c1-14-5-9-16(10-6-14)26(30(28,29)17-11-7-15(22)8-12-17)13-20(27)25-19-4-2-3-18(23)21(19)24/h2-12H,13H2,1H3,(H,25,27). The number of carbonyl (C=O) groups is 1. The average Bonchev–Trinajstić information content (AvgIpc) is 2.71. The highest BCUT2D eigenvalue weighted by Gasteiger charge is 2.27. The Morgan fingerprint density at radius 2 is 1.57 bits per heavy atom. The Bertz CT molecular complexity index is 1170. The third kappa shape index (κ3) is 5.08. The lowest BCUT2D eigenvalue weighted by atomic mass is 10.2. The molecule has 0 bridgehead atoms. The van der Waals surface area contributed by atoms with E-state index in [4.69, 9.17) is 34.8 Å². The van der Waals surface area contributed by atoms with Crippen LogP contribution in [0.4, 0.5) is 11.4 Å². The van der Waals surface area contributed by atoms with E-state index in [1.165, 1.54) is 24.3 Å². The summed E-state index contributed by atoms with van der Waals surface area (Å²) in [4.78, 5) is 12.7. The van der Waals surface area contributed by atoms with Crippen LogP contribution in [0, 0.1) is 6.92 Å². The maximum Gasteiger partial charge on any atom is 0.264 e. The van der Waals surface area contributed by atoms with Crippen LogP contribution in [-0.4, -0.2) is 20.9 Å². The predicted octanol–water partition coefficient (Wildman–Crippen LogP) is 5.79. The Labute approximate surface area is 190 Å². The molecule has 30 heavy (non-hydrogen) atoms. The van der Waals surface area contributed by atoms with Crippen LogP contribution in [0.3, 0.4) is 0 Å². The van der Waals surface area contributed by atoms with E-state index in [-0.39, 0.29) is 14.9 Å². The molecule has 9 heteroatoms. The molecule has 0 aliphatic heterocycles. The monoisotopic (exact) mass is 482 g/mol. The van der Waals surface area contributed by atoms with Crippen molar-refractivity contribution in [1.82, 2.24) is 0 Å². The van der Waals surface area contributed by atoms with Crippen LogP contribution in [0.25, 0.3) is 0 Å². The molecule has 1 amide bonds. The maximum absolute atomic E-state index is 13.3. The van der Waals surface area contributed by atoms with Crippen LogP contribution in [0.15, 0.2) is 71.6 Å². The van der Waals surface area contributed by atoms with Crippen molar-refractivity contribution in [1.29, 1.82) is 0 Å². The van der Waals surface area contributed by atoms with E-state index in [1.807, 2.05) is 6.92 Å². The van der Waals surface area contributed by atoms with Crippen LogP contribution < -0.4 is 9.62 Å². The summed E-state index contributed by atoms with van der Waals surface area (Å²) in [7, 11) is -4.03. The van der Waals surface area contributed by atoms with Crippen LogP contribution in [-0.2, 0) is 14.8 Å². The molecule has 3 rings (SSSR count). The van der Waals surface area contributed by atoms with E-state index >= 15 is 0 Å². The Morgan fingerprint density at radius 3 is 2.20 bits per heavy atom. The minimum absolute atomic E-state index is 0.0149. The summed E-state index contributed by atoms with van der Waals surface area (Å²) in [5.41, 5.74) is 1.60. The van der Waals surface area contributed by atoms with Gasteiger partial charge in [-0.25, -0.2) is 8.42 Å². The van der Waals surface area contributed by atoms with Crippen molar-refractivity contribution in [2.75, 3.05) is 16.2 Å². The second-order valence-corrected chi connectivity index (χ2v) is 9.53. The van der Waals surface area contributed by atoms with Gasteiger partial charge in [0, 0.05) is 5.02 Å². The van der Waals surface area contributed by atoms with Gasteiger partial charge in [0.15, 0.2) is 0 Å². The normalized spacial score (nSPS) is 11.2. The van der Waals surface area contributed by atoms with E-state index in [1.54, 1.807) is 42.5 Å². The SMILES string of the molecule is Cc1ccc(N(CC(=O)Nc2cccc(Cl)c2Cl)S(=O)(=O)c2ccc(Cl)cc2)cc1. The van der Waals surface area contributed by atoms with Gasteiger partial charge in [-0.2, -0.15) is 0 Å². The fraction of sp³-hybridized carbons (Fsp3) is 0.0952. The van der Waals surface area contributed by atoms with Crippen molar-refractivity contribution in [2.45, 2.75) is 11.8 Å². The summed E-state index contributed by atoms with van der Waals surface area (Å²) in [6.45, 7) is 1.42. The Kier molecular flexibility index (Phi) is 6.93. The molecular weight excluding hydrogens is 467 g/mol. The highest BCUT2D eigenvalue weighted by Crippen LogP contribution is 2.30. The molecule has 0 fully saturated rings. The van der Waals surface area contributed by atoms with Crippen LogP contribution >= 0.6 is 34.8 Å². The first kappa shape index (κ1) is 22.4. The first-order valence-corrected chi connectivity index (χ1v) is 11.3. The number of nitrogens with zero attached hydrogens (tertiary/aromatic N) is 1. The molecule has 0 aliphatic rings. The van der Waals surface area contributed by atoms with E-state index in [2.05, 4.69) is 5.32 Å². The van der Waals surface area contributed by atoms with Crippen molar-refractivity contribution in [3.63, 3.8) is 0 Å². The lowest BCUT2D eigenvalue weighted by Gasteiger charge is -2.24. The van der Waals surface area contributed by atoms with Crippen molar-refractivity contribution in [3.05, 3.63) is 87.4 Å². The number of benzene rings is 3. The van der Waals surface area contributed by atoms with Gasteiger partial charge in [0.1, 0.15) is 6.54 Å². The molecule has 3 aromatic rings. The minimum atomic E-state index is -4.03. The van der Waals surface area contributed by atoms with Gasteiger partial charge in [-0.05, 0) is 55.5 Å². The van der Waals surface area contributed by atoms with Crippen molar-refractivity contribution in [2.24, 2.45) is 0 Å².